The quantitative estimate of drug-likeness (QED) is 0.700. The van der Waals surface area contributed by atoms with Gasteiger partial charge in [-0.15, -0.1) is 0 Å². The molecule has 1 aliphatic carbocycles. The van der Waals surface area contributed by atoms with Gasteiger partial charge in [0, 0.05) is 23.5 Å². The normalized spacial score (nSPS) is 20.5. The van der Waals surface area contributed by atoms with Gasteiger partial charge in [0.15, 0.2) is 0 Å². The molecule has 0 aliphatic heterocycles. The van der Waals surface area contributed by atoms with Gasteiger partial charge in [0.2, 0.25) is 5.91 Å². The summed E-state index contributed by atoms with van der Waals surface area (Å²) in [5.74, 6) is 0.606. The molecule has 0 saturated heterocycles. The van der Waals surface area contributed by atoms with E-state index in [2.05, 4.69) is 26.0 Å². The lowest BCUT2D eigenvalue weighted by Crippen LogP contribution is -2.39. The molecule has 2 aromatic rings. The van der Waals surface area contributed by atoms with E-state index in [1.54, 1.807) is 0 Å². The van der Waals surface area contributed by atoms with Crippen molar-refractivity contribution in [3.05, 3.63) is 70.7 Å². The average Bonchev–Trinajstić information content (AvgIpc) is 3.40. The molecule has 1 saturated carbocycles. The van der Waals surface area contributed by atoms with Gasteiger partial charge in [-0.05, 0) is 42.9 Å². The average molecular weight is 342 g/mol. The fourth-order valence-electron chi connectivity index (χ4n) is 3.25. The van der Waals surface area contributed by atoms with Crippen molar-refractivity contribution < 1.29 is 4.79 Å². The SMILES string of the molecule is CCC(C)N(Cc1ccccc1)C(=O)C1CC1c1ccccc1Cl. The van der Waals surface area contributed by atoms with Crippen LogP contribution in [0.4, 0.5) is 0 Å². The van der Waals surface area contributed by atoms with Crippen LogP contribution in [0.1, 0.15) is 43.7 Å². The first-order valence-electron chi connectivity index (χ1n) is 8.70. The van der Waals surface area contributed by atoms with Gasteiger partial charge in [-0.25, -0.2) is 0 Å². The van der Waals surface area contributed by atoms with Crippen LogP contribution in [0.15, 0.2) is 54.6 Å². The lowest BCUT2D eigenvalue weighted by molar-refractivity contribution is -0.135. The Bertz CT molecular complexity index is 700. The molecule has 0 spiro atoms. The zero-order chi connectivity index (χ0) is 17.1. The minimum absolute atomic E-state index is 0.0719. The topological polar surface area (TPSA) is 20.3 Å². The van der Waals surface area contributed by atoms with Crippen LogP contribution in [0.3, 0.4) is 0 Å². The number of hydrogen-bond acceptors (Lipinski definition) is 1. The maximum absolute atomic E-state index is 13.1. The summed E-state index contributed by atoms with van der Waals surface area (Å²) in [6.45, 7) is 4.95. The first-order valence-corrected chi connectivity index (χ1v) is 9.08. The molecule has 3 unspecified atom stereocenters. The van der Waals surface area contributed by atoms with Crippen LogP contribution < -0.4 is 0 Å². The Morgan fingerprint density at radius 2 is 1.83 bits per heavy atom. The Kier molecular flexibility index (Phi) is 5.25. The summed E-state index contributed by atoms with van der Waals surface area (Å²) in [6.07, 6.45) is 1.87. The fraction of sp³-hybridized carbons (Fsp3) is 0.381. The number of halogens is 1. The molecule has 1 amide bonds. The largest absolute Gasteiger partial charge is 0.335 e. The van der Waals surface area contributed by atoms with Crippen molar-refractivity contribution in [1.29, 1.82) is 0 Å². The number of carbonyl (C=O) groups is 1. The second kappa shape index (κ2) is 7.40. The third-order valence-corrected chi connectivity index (χ3v) is 5.36. The van der Waals surface area contributed by atoms with Gasteiger partial charge in [0.25, 0.3) is 0 Å². The van der Waals surface area contributed by atoms with Crippen molar-refractivity contribution >= 4 is 17.5 Å². The molecular formula is C21H24ClNO. The zero-order valence-electron chi connectivity index (χ0n) is 14.3. The van der Waals surface area contributed by atoms with E-state index in [4.69, 9.17) is 11.6 Å². The Hall–Kier alpha value is -1.80. The standard InChI is InChI=1S/C21H24ClNO/c1-3-15(2)23(14-16-9-5-4-6-10-16)21(24)19-13-18(19)17-11-7-8-12-20(17)22/h4-12,15,18-19H,3,13-14H2,1-2H3. The Morgan fingerprint density at radius 1 is 1.17 bits per heavy atom. The summed E-state index contributed by atoms with van der Waals surface area (Å²) in [7, 11) is 0. The second-order valence-electron chi connectivity index (χ2n) is 6.68. The third kappa shape index (κ3) is 3.64. The molecule has 0 heterocycles. The molecule has 0 radical (unpaired) electrons. The highest BCUT2D eigenvalue weighted by atomic mass is 35.5. The molecule has 0 aromatic heterocycles. The highest BCUT2D eigenvalue weighted by Crippen LogP contribution is 2.50. The van der Waals surface area contributed by atoms with E-state index in [-0.39, 0.29) is 23.8 Å². The Morgan fingerprint density at radius 3 is 2.50 bits per heavy atom. The van der Waals surface area contributed by atoms with E-state index in [9.17, 15) is 4.79 Å². The van der Waals surface area contributed by atoms with Crippen LogP contribution in [0.2, 0.25) is 5.02 Å². The van der Waals surface area contributed by atoms with Crippen LogP contribution >= 0.6 is 11.6 Å². The van der Waals surface area contributed by atoms with Gasteiger partial charge in [0.05, 0.1) is 0 Å². The second-order valence-corrected chi connectivity index (χ2v) is 7.09. The van der Waals surface area contributed by atoms with Crippen molar-refractivity contribution in [2.75, 3.05) is 0 Å². The molecule has 2 aromatic carbocycles. The van der Waals surface area contributed by atoms with Gasteiger partial charge in [-0.3, -0.25) is 4.79 Å². The molecule has 126 valence electrons. The van der Waals surface area contributed by atoms with Crippen LogP contribution in [-0.2, 0) is 11.3 Å². The zero-order valence-corrected chi connectivity index (χ0v) is 15.0. The number of carbonyl (C=O) groups excluding carboxylic acids is 1. The fourth-order valence-corrected chi connectivity index (χ4v) is 3.53. The highest BCUT2D eigenvalue weighted by Gasteiger charge is 2.47. The van der Waals surface area contributed by atoms with E-state index >= 15 is 0 Å². The first kappa shape index (κ1) is 17.0. The summed E-state index contributed by atoms with van der Waals surface area (Å²) in [6, 6.07) is 18.4. The van der Waals surface area contributed by atoms with Gasteiger partial charge in [-0.1, -0.05) is 67.1 Å². The highest BCUT2D eigenvalue weighted by molar-refractivity contribution is 6.31. The summed E-state index contributed by atoms with van der Waals surface area (Å²) in [4.78, 5) is 15.1. The van der Waals surface area contributed by atoms with Crippen molar-refractivity contribution in [2.45, 2.75) is 45.2 Å². The number of benzene rings is 2. The van der Waals surface area contributed by atoms with E-state index in [0.717, 1.165) is 23.4 Å². The minimum atomic E-state index is 0.0719. The van der Waals surface area contributed by atoms with E-state index in [1.807, 2.05) is 47.4 Å². The van der Waals surface area contributed by atoms with Crippen LogP contribution in [0.25, 0.3) is 0 Å². The van der Waals surface area contributed by atoms with Gasteiger partial charge >= 0.3 is 0 Å². The Balaban J connectivity index is 1.74. The van der Waals surface area contributed by atoms with Crippen molar-refractivity contribution in [1.82, 2.24) is 4.90 Å². The van der Waals surface area contributed by atoms with Gasteiger partial charge < -0.3 is 4.90 Å². The van der Waals surface area contributed by atoms with Crippen LogP contribution in [0.5, 0.6) is 0 Å². The predicted molar refractivity (Wildman–Crippen MR) is 99.0 cm³/mol. The maximum Gasteiger partial charge on any atom is 0.226 e. The lowest BCUT2D eigenvalue weighted by atomic mass is 10.1. The Labute approximate surface area is 149 Å². The van der Waals surface area contributed by atoms with E-state index < -0.39 is 0 Å². The maximum atomic E-state index is 13.1. The molecule has 0 N–H and O–H groups in total. The van der Waals surface area contributed by atoms with Crippen LogP contribution in [-0.4, -0.2) is 16.8 Å². The molecular weight excluding hydrogens is 318 g/mol. The third-order valence-electron chi connectivity index (χ3n) is 5.01. The van der Waals surface area contributed by atoms with Gasteiger partial charge in [0.1, 0.15) is 0 Å². The summed E-state index contributed by atoms with van der Waals surface area (Å²) < 4.78 is 0. The van der Waals surface area contributed by atoms with E-state index in [1.165, 1.54) is 5.56 Å². The molecule has 1 fully saturated rings. The van der Waals surface area contributed by atoms with Gasteiger partial charge in [-0.2, -0.15) is 0 Å². The molecule has 3 heteroatoms. The molecule has 3 rings (SSSR count). The van der Waals surface area contributed by atoms with Crippen molar-refractivity contribution in [3.8, 4) is 0 Å². The smallest absolute Gasteiger partial charge is 0.226 e. The minimum Gasteiger partial charge on any atom is -0.335 e. The molecule has 0 bridgehead atoms. The number of hydrogen-bond donors (Lipinski definition) is 0. The van der Waals surface area contributed by atoms with Crippen molar-refractivity contribution in [2.24, 2.45) is 5.92 Å². The molecule has 1 aliphatic rings. The molecule has 2 nitrogen and oxygen atoms in total. The first-order chi connectivity index (χ1) is 11.6. The monoisotopic (exact) mass is 341 g/mol. The number of nitrogens with zero attached hydrogens (tertiary/aromatic N) is 1. The number of rotatable bonds is 6. The predicted octanol–water partition coefficient (Wildman–Crippen LogP) is 5.27. The molecule has 3 atom stereocenters. The lowest BCUT2D eigenvalue weighted by Gasteiger charge is -2.29. The number of amides is 1. The summed E-state index contributed by atoms with van der Waals surface area (Å²) in [5, 5.41) is 0.774. The molecule has 24 heavy (non-hydrogen) atoms. The van der Waals surface area contributed by atoms with E-state index in [0.29, 0.717) is 6.54 Å². The summed E-state index contributed by atoms with van der Waals surface area (Å²) in [5.41, 5.74) is 2.29. The van der Waals surface area contributed by atoms with Crippen molar-refractivity contribution in [3.63, 3.8) is 0 Å². The van der Waals surface area contributed by atoms with Crippen LogP contribution in [0, 0.1) is 5.92 Å². The summed E-state index contributed by atoms with van der Waals surface area (Å²) >= 11 is 6.30.